The number of hydrogen-bond acceptors (Lipinski definition) is 8. The Labute approximate surface area is 225 Å². The second-order valence-electron chi connectivity index (χ2n) is 9.22. The SMILES string of the molecule is CC(C)c1cc(OCCOCc2ccccc2)cc2c1C(=O)N(COc1cc(=O)n3ccccc3n1)S2(=O)=O. The molecule has 3 heterocycles. The Hall–Kier alpha value is -4.22. The first-order valence-corrected chi connectivity index (χ1v) is 13.8. The summed E-state index contributed by atoms with van der Waals surface area (Å²) in [6, 6.07) is 18.9. The largest absolute Gasteiger partial charge is 0.491 e. The molecule has 2 aromatic heterocycles. The van der Waals surface area contributed by atoms with Crippen LogP contribution >= 0.6 is 0 Å². The lowest BCUT2D eigenvalue weighted by Gasteiger charge is -2.15. The van der Waals surface area contributed by atoms with Gasteiger partial charge in [-0.15, -0.1) is 0 Å². The van der Waals surface area contributed by atoms with Gasteiger partial charge in [0.05, 0.1) is 24.8 Å². The number of fused-ring (bicyclic) bond motifs is 2. The van der Waals surface area contributed by atoms with Crippen molar-refractivity contribution in [2.24, 2.45) is 0 Å². The predicted molar refractivity (Wildman–Crippen MR) is 142 cm³/mol. The fraction of sp³-hybridized carbons (Fsp3) is 0.250. The van der Waals surface area contributed by atoms with E-state index in [0.717, 1.165) is 11.6 Å². The number of hydrogen-bond donors (Lipinski definition) is 0. The van der Waals surface area contributed by atoms with Gasteiger partial charge in [-0.1, -0.05) is 50.2 Å². The molecule has 0 unspecified atom stereocenters. The highest BCUT2D eigenvalue weighted by molar-refractivity contribution is 7.90. The Morgan fingerprint density at radius 1 is 0.923 bits per heavy atom. The first-order valence-electron chi connectivity index (χ1n) is 12.4. The Morgan fingerprint density at radius 2 is 1.69 bits per heavy atom. The third-order valence-corrected chi connectivity index (χ3v) is 7.95. The predicted octanol–water partition coefficient (Wildman–Crippen LogP) is 3.59. The van der Waals surface area contributed by atoms with Crippen molar-refractivity contribution in [1.82, 2.24) is 13.7 Å². The zero-order valence-corrected chi connectivity index (χ0v) is 22.3. The van der Waals surface area contributed by atoms with Gasteiger partial charge in [0.2, 0.25) is 5.88 Å². The minimum Gasteiger partial charge on any atom is -0.491 e. The van der Waals surface area contributed by atoms with E-state index in [4.69, 9.17) is 14.2 Å². The highest BCUT2D eigenvalue weighted by Gasteiger charge is 2.44. The summed E-state index contributed by atoms with van der Waals surface area (Å²) in [6.07, 6.45) is 1.56. The molecule has 1 aliphatic heterocycles. The Morgan fingerprint density at radius 3 is 2.46 bits per heavy atom. The van der Waals surface area contributed by atoms with Crippen LogP contribution in [0.1, 0.15) is 41.3 Å². The number of sulfonamides is 1. The van der Waals surface area contributed by atoms with Gasteiger partial charge in [-0.25, -0.2) is 8.42 Å². The van der Waals surface area contributed by atoms with E-state index in [1.807, 2.05) is 44.2 Å². The second-order valence-corrected chi connectivity index (χ2v) is 11.1. The van der Waals surface area contributed by atoms with Crippen LogP contribution in [0, 0.1) is 0 Å². The van der Waals surface area contributed by atoms with E-state index in [0.29, 0.717) is 34.5 Å². The zero-order valence-electron chi connectivity index (χ0n) is 21.4. The first kappa shape index (κ1) is 26.4. The van der Waals surface area contributed by atoms with Gasteiger partial charge < -0.3 is 14.2 Å². The number of rotatable bonds is 10. The molecule has 0 atom stereocenters. The van der Waals surface area contributed by atoms with E-state index in [9.17, 15) is 18.0 Å². The molecular formula is C28H27N3O7S. The number of aromatic nitrogens is 2. The molecule has 0 saturated carbocycles. The van der Waals surface area contributed by atoms with E-state index < -0.39 is 28.2 Å². The highest BCUT2D eigenvalue weighted by Crippen LogP contribution is 2.38. The minimum atomic E-state index is -4.23. The summed E-state index contributed by atoms with van der Waals surface area (Å²) in [7, 11) is -4.23. The first-order chi connectivity index (χ1) is 18.8. The maximum atomic E-state index is 13.4. The lowest BCUT2D eigenvalue weighted by atomic mass is 9.96. The molecule has 11 heteroatoms. The summed E-state index contributed by atoms with van der Waals surface area (Å²) < 4.78 is 45.8. The number of carbonyl (C=O) groups is 1. The Balaban J connectivity index is 1.32. The van der Waals surface area contributed by atoms with Crippen LogP contribution in [0.4, 0.5) is 0 Å². The number of nitrogens with zero attached hydrogens (tertiary/aromatic N) is 3. The van der Waals surface area contributed by atoms with Gasteiger partial charge in [-0.05, 0) is 35.2 Å². The van der Waals surface area contributed by atoms with Gasteiger partial charge in [0, 0.05) is 12.3 Å². The van der Waals surface area contributed by atoms with Crippen LogP contribution < -0.4 is 15.0 Å². The normalized spacial score (nSPS) is 14.1. The van der Waals surface area contributed by atoms with E-state index >= 15 is 0 Å². The van der Waals surface area contributed by atoms with Crippen LogP contribution in [0.25, 0.3) is 5.65 Å². The lowest BCUT2D eigenvalue weighted by Crippen LogP contribution is -2.34. The third kappa shape index (κ3) is 5.36. The van der Waals surface area contributed by atoms with Crippen LogP contribution in [0.15, 0.2) is 82.6 Å². The Kier molecular flexibility index (Phi) is 7.36. The zero-order chi connectivity index (χ0) is 27.6. The van der Waals surface area contributed by atoms with Gasteiger partial charge in [-0.2, -0.15) is 9.29 Å². The van der Waals surface area contributed by atoms with E-state index in [-0.39, 0.29) is 28.9 Å². The fourth-order valence-corrected chi connectivity index (χ4v) is 5.74. The molecule has 1 amide bonds. The summed E-state index contributed by atoms with van der Waals surface area (Å²) in [5, 5.41) is 0. The summed E-state index contributed by atoms with van der Waals surface area (Å²) in [5.41, 5.74) is 1.61. The van der Waals surface area contributed by atoms with Crippen molar-refractivity contribution >= 4 is 21.6 Å². The topological polar surface area (TPSA) is 117 Å². The van der Waals surface area contributed by atoms with E-state index in [1.54, 1.807) is 30.5 Å². The molecule has 39 heavy (non-hydrogen) atoms. The summed E-state index contributed by atoms with van der Waals surface area (Å²) in [6.45, 7) is 4.04. The molecule has 0 saturated heterocycles. The summed E-state index contributed by atoms with van der Waals surface area (Å²) >= 11 is 0. The quantitative estimate of drug-likeness (QED) is 0.276. The molecule has 0 N–H and O–H groups in total. The van der Waals surface area contributed by atoms with Crippen molar-refractivity contribution in [1.29, 1.82) is 0 Å². The number of amides is 1. The van der Waals surface area contributed by atoms with Crippen molar-refractivity contribution in [2.45, 2.75) is 31.3 Å². The number of benzene rings is 2. The average molecular weight is 550 g/mol. The van der Waals surface area contributed by atoms with Crippen LogP contribution in [0.2, 0.25) is 0 Å². The van der Waals surface area contributed by atoms with Crippen LogP contribution in [-0.4, -0.2) is 48.0 Å². The molecule has 0 fully saturated rings. The molecule has 5 rings (SSSR count). The van der Waals surface area contributed by atoms with Crippen LogP contribution in [-0.2, 0) is 21.4 Å². The number of pyridine rings is 1. The van der Waals surface area contributed by atoms with E-state index in [1.165, 1.54) is 10.5 Å². The van der Waals surface area contributed by atoms with Crippen molar-refractivity contribution < 1.29 is 27.4 Å². The molecule has 202 valence electrons. The Bertz CT molecular complexity index is 1680. The number of ether oxygens (including phenoxy) is 3. The van der Waals surface area contributed by atoms with Crippen LogP contribution in [0.5, 0.6) is 11.6 Å². The van der Waals surface area contributed by atoms with Crippen molar-refractivity contribution in [3.8, 4) is 11.6 Å². The van der Waals surface area contributed by atoms with Crippen LogP contribution in [0.3, 0.4) is 0 Å². The monoisotopic (exact) mass is 549 g/mol. The third-order valence-electron chi connectivity index (χ3n) is 6.22. The van der Waals surface area contributed by atoms with E-state index in [2.05, 4.69) is 4.98 Å². The smallest absolute Gasteiger partial charge is 0.272 e. The lowest BCUT2D eigenvalue weighted by molar-refractivity contribution is 0.0784. The van der Waals surface area contributed by atoms with Crippen molar-refractivity contribution in [3.05, 3.63) is 100.0 Å². The average Bonchev–Trinajstić information content (AvgIpc) is 3.11. The molecule has 1 aliphatic rings. The number of carbonyl (C=O) groups excluding carboxylic acids is 1. The van der Waals surface area contributed by atoms with Gasteiger partial charge in [0.1, 0.15) is 22.9 Å². The second kappa shape index (κ2) is 10.9. The highest BCUT2D eigenvalue weighted by atomic mass is 32.2. The summed E-state index contributed by atoms with van der Waals surface area (Å²) in [4.78, 5) is 29.7. The molecular weight excluding hydrogens is 522 g/mol. The van der Waals surface area contributed by atoms with Gasteiger partial charge >= 0.3 is 0 Å². The van der Waals surface area contributed by atoms with Crippen molar-refractivity contribution in [2.75, 3.05) is 19.9 Å². The molecule has 0 radical (unpaired) electrons. The molecule has 0 bridgehead atoms. The standard InChI is InChI=1S/C28H27N3O7S/c1-19(2)22-14-21(37-13-12-36-17-20-8-4-3-5-9-20)15-23-27(22)28(33)31(39(23,34)35)18-38-25-16-26(32)30-11-7-6-10-24(30)29-25/h3-11,14-16,19H,12-13,17-18H2,1-2H3. The van der Waals surface area contributed by atoms with Gasteiger partial charge in [0.15, 0.2) is 6.73 Å². The van der Waals surface area contributed by atoms with Gasteiger partial charge in [-0.3, -0.25) is 14.0 Å². The maximum absolute atomic E-state index is 13.4. The molecule has 2 aromatic carbocycles. The summed E-state index contributed by atoms with van der Waals surface area (Å²) in [5.74, 6) is -0.624. The molecule has 0 aliphatic carbocycles. The molecule has 0 spiro atoms. The minimum absolute atomic E-state index is 0.0891. The molecule has 4 aromatic rings. The van der Waals surface area contributed by atoms with Crippen molar-refractivity contribution in [3.63, 3.8) is 0 Å². The molecule has 10 nitrogen and oxygen atoms in total. The van der Waals surface area contributed by atoms with Gasteiger partial charge in [0.25, 0.3) is 21.5 Å². The maximum Gasteiger partial charge on any atom is 0.272 e. The fourth-order valence-electron chi connectivity index (χ4n) is 4.28.